The maximum Gasteiger partial charge on any atom is 0.260 e. The van der Waals surface area contributed by atoms with Gasteiger partial charge < -0.3 is 87.7 Å². The largest absolute Gasteiger partial charge is 0.493 e. The number of Topliss-reactive ketones (excluding diaryl/α,β-unsaturated/α-hetero) is 1. The quantitative estimate of drug-likeness (QED) is 0.0291. The molecule has 29 heteroatoms. The first-order valence-corrected chi connectivity index (χ1v) is 37.9. The van der Waals surface area contributed by atoms with Crippen LogP contribution in [0.15, 0.2) is 107 Å². The molecule has 0 unspecified atom stereocenters. The van der Waals surface area contributed by atoms with Gasteiger partial charge in [0, 0.05) is 144 Å². The molecule has 7 amide bonds. The van der Waals surface area contributed by atoms with Crippen molar-refractivity contribution >= 4 is 93.5 Å². The molecule has 592 valence electrons. The third-order valence-electron chi connectivity index (χ3n) is 19.3. The Morgan fingerprint density at radius 1 is 0.545 bits per heavy atom. The van der Waals surface area contributed by atoms with Gasteiger partial charge in [-0.3, -0.25) is 53.2 Å². The van der Waals surface area contributed by atoms with Crippen LogP contribution >= 0.6 is 0 Å². The van der Waals surface area contributed by atoms with Crippen LogP contribution in [0.5, 0.6) is 17.2 Å². The Labute approximate surface area is 642 Å². The zero-order valence-corrected chi connectivity index (χ0v) is 63.9. The van der Waals surface area contributed by atoms with Gasteiger partial charge in [-0.15, -0.1) is 0 Å². The average Bonchev–Trinajstić information content (AvgIpc) is 1.62. The normalized spacial score (nSPS) is 17.2. The van der Waals surface area contributed by atoms with Crippen LogP contribution in [-0.4, -0.2) is 270 Å². The molecule has 0 saturated carbocycles. The number of aliphatic imine (C=N–C) groups is 2. The number of ether oxygens (including phenoxy) is 11. The number of methoxy groups -OCH3 is 1. The maximum absolute atomic E-state index is 14.2. The van der Waals surface area contributed by atoms with Crippen molar-refractivity contribution in [1.82, 2.24) is 30.2 Å². The number of carbonyl (C=O) groups excluding carboxylic acids is 8. The summed E-state index contributed by atoms with van der Waals surface area (Å²) in [6.45, 7) is 18.0. The number of imide groups is 1. The van der Waals surface area contributed by atoms with Gasteiger partial charge in [0.25, 0.3) is 23.6 Å². The number of anilines is 2. The van der Waals surface area contributed by atoms with Crippen LogP contribution in [0, 0.1) is 18.8 Å². The van der Waals surface area contributed by atoms with Crippen molar-refractivity contribution in [3.8, 4) is 17.2 Å². The fourth-order valence-corrected chi connectivity index (χ4v) is 13.0. The second-order valence-corrected chi connectivity index (χ2v) is 27.7. The van der Waals surface area contributed by atoms with Crippen LogP contribution < -0.4 is 35.1 Å². The molecule has 0 aromatic heterocycles. The third-order valence-corrected chi connectivity index (χ3v) is 19.3. The van der Waals surface area contributed by atoms with Crippen LogP contribution in [-0.2, 0) is 66.7 Å². The number of fused-ring (bicyclic) bond motifs is 4. The summed E-state index contributed by atoms with van der Waals surface area (Å²) in [5.74, 6) is -1.77. The molecule has 0 bridgehead atoms. The molecule has 6 aliphatic rings. The second-order valence-electron chi connectivity index (χ2n) is 27.7. The maximum atomic E-state index is 14.2. The molecular formula is C81H104N10O19. The van der Waals surface area contributed by atoms with E-state index >= 15 is 0 Å². The molecule has 6 aliphatic heterocycles. The number of hydrogen-bond acceptors (Lipinski definition) is 23. The lowest BCUT2D eigenvalue weighted by Gasteiger charge is -2.34. The lowest BCUT2D eigenvalue weighted by Crippen LogP contribution is -2.45. The first kappa shape index (κ1) is 82.9. The predicted octanol–water partition coefficient (Wildman–Crippen LogP) is 7.18. The minimum Gasteiger partial charge on any atom is -0.493 e. The fraction of sp³-hybridized carbons (Fsp3) is 0.506. The van der Waals surface area contributed by atoms with E-state index in [0.717, 1.165) is 58.9 Å². The molecule has 1 saturated heterocycles. The summed E-state index contributed by atoms with van der Waals surface area (Å²) in [5, 5.41) is 8.44. The van der Waals surface area contributed by atoms with Gasteiger partial charge in [0.1, 0.15) is 5.75 Å². The lowest BCUT2D eigenvalue weighted by atomic mass is 9.92. The van der Waals surface area contributed by atoms with E-state index in [-0.39, 0.29) is 92.3 Å². The number of piperazine rings is 1. The smallest absolute Gasteiger partial charge is 0.260 e. The van der Waals surface area contributed by atoms with Crippen molar-refractivity contribution in [1.29, 1.82) is 0 Å². The van der Waals surface area contributed by atoms with E-state index in [9.17, 15) is 38.4 Å². The van der Waals surface area contributed by atoms with Crippen molar-refractivity contribution < 1.29 is 90.5 Å². The number of aryl methyl sites for hydroxylation is 1. The highest BCUT2D eigenvalue weighted by molar-refractivity contribution is 6.13. The SMILES string of the molecule is COc1cc2c(cc1OCCCOc1cc3c(cc1C)C(=O)N1C=C(c4ccc(NC(=O)[C@H](C)CC(=O)[C@@H](NC(=O)CCOCCOCCOCCOCCOCCOCCOCCOCCNC(=O)CCN5C(=O)C=CC5=O)C(C)C)cc4)C[C@H]1C=N3)N=C[C@@H]1CC(c3ccc(N4CCN(C)CC4)cc3)=CN1C2=O. The summed E-state index contributed by atoms with van der Waals surface area (Å²) < 4.78 is 62.4. The Morgan fingerprint density at radius 2 is 1.03 bits per heavy atom. The summed E-state index contributed by atoms with van der Waals surface area (Å²) in [5.41, 5.74) is 8.43. The number of amides is 7. The highest BCUT2D eigenvalue weighted by atomic mass is 16.6. The van der Waals surface area contributed by atoms with E-state index in [1.54, 1.807) is 60.4 Å². The number of nitrogens with zero attached hydrogens (tertiary/aromatic N) is 7. The molecule has 4 atom stereocenters. The van der Waals surface area contributed by atoms with Crippen molar-refractivity contribution in [3.63, 3.8) is 0 Å². The van der Waals surface area contributed by atoms with E-state index in [4.69, 9.17) is 62.1 Å². The van der Waals surface area contributed by atoms with Crippen LogP contribution in [0.1, 0.15) is 96.7 Å². The van der Waals surface area contributed by atoms with E-state index < -0.39 is 23.8 Å². The Kier molecular flexibility index (Phi) is 32.1. The Balaban J connectivity index is 0.537. The predicted molar refractivity (Wildman–Crippen MR) is 413 cm³/mol. The van der Waals surface area contributed by atoms with Crippen LogP contribution in [0.4, 0.5) is 22.7 Å². The van der Waals surface area contributed by atoms with Crippen LogP contribution in [0.2, 0.25) is 0 Å². The summed E-state index contributed by atoms with van der Waals surface area (Å²) in [4.78, 5) is 122. The Hall–Kier alpha value is -9.56. The number of nitrogens with one attached hydrogen (secondary N) is 3. The Bertz CT molecular complexity index is 3950. The van der Waals surface area contributed by atoms with E-state index in [2.05, 4.69) is 57.1 Å². The Morgan fingerprint density at radius 3 is 1.55 bits per heavy atom. The van der Waals surface area contributed by atoms with Crippen molar-refractivity contribution in [2.45, 2.75) is 84.3 Å². The highest BCUT2D eigenvalue weighted by Crippen LogP contribution is 2.41. The van der Waals surface area contributed by atoms with Crippen LogP contribution in [0.3, 0.4) is 0 Å². The monoisotopic (exact) mass is 1520 g/mol. The fourth-order valence-electron chi connectivity index (χ4n) is 13.0. The zero-order valence-electron chi connectivity index (χ0n) is 63.9. The summed E-state index contributed by atoms with van der Waals surface area (Å²) >= 11 is 0. The first-order valence-electron chi connectivity index (χ1n) is 37.9. The lowest BCUT2D eigenvalue weighted by molar-refractivity contribution is -0.137. The molecule has 4 aromatic rings. The highest BCUT2D eigenvalue weighted by Gasteiger charge is 2.36. The number of hydrogen-bond donors (Lipinski definition) is 3. The number of ketones is 1. The number of rotatable bonds is 47. The number of benzene rings is 4. The average molecular weight is 1520 g/mol. The minimum atomic E-state index is -0.785. The summed E-state index contributed by atoms with van der Waals surface area (Å²) in [6.07, 6.45) is 11.5. The van der Waals surface area contributed by atoms with Gasteiger partial charge in [0.15, 0.2) is 17.3 Å². The molecule has 1 fully saturated rings. The third kappa shape index (κ3) is 24.2. The summed E-state index contributed by atoms with van der Waals surface area (Å²) in [6, 6.07) is 21.7. The van der Waals surface area contributed by atoms with Crippen molar-refractivity contribution in [3.05, 3.63) is 125 Å². The van der Waals surface area contributed by atoms with E-state index in [0.29, 0.717) is 177 Å². The molecule has 4 aromatic carbocycles. The van der Waals surface area contributed by atoms with E-state index in [1.165, 1.54) is 17.8 Å². The standard InChI is InChI=1S/C81H104N10O19/c1-55(2)78(86-75(94)19-28-101-30-32-103-34-36-105-38-40-107-42-43-108-41-39-106-37-35-104-33-31-102-29-20-82-74(93)18-21-89-76(95)16-17-77(89)96)70(92)45-57(4)79(97)85-62-12-8-58(9-13-62)60-46-64-51-83-68-49-71(56(3)44-66(68)80(98)90(64)53-60)109-26-7-27-110-73-50-69-67(48-72(73)100-6)81(99)91-54-61(47-65(91)52-84-69)59-10-14-63(15-11-59)88-24-22-87(5)23-25-88/h8-17,44,48-55,57,64-65,78H,7,18-43,45-47H2,1-6H3,(H,82,93)(H,85,97)(H,86,94)/t57-,64+,65+,78+/m1/s1. The first-order chi connectivity index (χ1) is 53.4. The van der Waals surface area contributed by atoms with Gasteiger partial charge in [-0.05, 0) is 84.1 Å². The van der Waals surface area contributed by atoms with Gasteiger partial charge in [-0.1, -0.05) is 45.0 Å². The topological polar surface area (TPSA) is 315 Å². The molecule has 10 rings (SSSR count). The van der Waals surface area contributed by atoms with E-state index in [1.807, 2.05) is 57.6 Å². The minimum absolute atomic E-state index is 0.0295. The van der Waals surface area contributed by atoms with Gasteiger partial charge in [-0.2, -0.15) is 0 Å². The number of carbonyl (C=O) groups is 8. The van der Waals surface area contributed by atoms with Gasteiger partial charge >= 0.3 is 0 Å². The number of likely N-dealkylation sites (N-methyl/N-ethyl adjacent to an activating group) is 1. The van der Waals surface area contributed by atoms with Gasteiger partial charge in [0.05, 0.1) is 167 Å². The molecule has 3 N–H and O–H groups in total. The van der Waals surface area contributed by atoms with Gasteiger partial charge in [-0.25, -0.2) is 0 Å². The second kappa shape index (κ2) is 42.6. The molecular weight excluding hydrogens is 1420 g/mol. The molecule has 0 spiro atoms. The van der Waals surface area contributed by atoms with Crippen molar-refractivity contribution in [2.24, 2.45) is 21.8 Å². The molecule has 0 aliphatic carbocycles. The van der Waals surface area contributed by atoms with Crippen LogP contribution in [0.25, 0.3) is 11.1 Å². The van der Waals surface area contributed by atoms with Gasteiger partial charge in [0.2, 0.25) is 17.7 Å². The van der Waals surface area contributed by atoms with Crippen molar-refractivity contribution in [2.75, 3.05) is 183 Å². The molecule has 6 heterocycles. The molecule has 110 heavy (non-hydrogen) atoms. The molecule has 0 radical (unpaired) electrons. The summed E-state index contributed by atoms with van der Waals surface area (Å²) in [7, 11) is 3.70. The zero-order chi connectivity index (χ0) is 77.7. The molecule has 29 nitrogen and oxygen atoms in total.